The van der Waals surface area contributed by atoms with E-state index >= 15 is 0 Å². The summed E-state index contributed by atoms with van der Waals surface area (Å²) in [5.74, 6) is 0. The van der Waals surface area contributed by atoms with E-state index in [0.29, 0.717) is 5.25 Å². The lowest BCUT2D eigenvalue weighted by molar-refractivity contribution is 0.803. The molecule has 0 fully saturated rings. The van der Waals surface area contributed by atoms with E-state index in [2.05, 4.69) is 81.4 Å². The van der Waals surface area contributed by atoms with Crippen molar-refractivity contribution in [3.63, 3.8) is 0 Å². The van der Waals surface area contributed by atoms with Crippen LogP contribution in [-0.2, 0) is 0 Å². The van der Waals surface area contributed by atoms with Gasteiger partial charge in [0.1, 0.15) is 0 Å². The van der Waals surface area contributed by atoms with Gasteiger partial charge in [0.2, 0.25) is 0 Å². The van der Waals surface area contributed by atoms with Crippen molar-refractivity contribution >= 4 is 51.3 Å². The molecule has 2 aromatic carbocycles. The molecule has 26 heavy (non-hydrogen) atoms. The SMILES string of the molecule is CC(C)(C)Sc1sc(-c2ccccc2)c2c1C(c1ccccc1)SC2=S. The zero-order valence-corrected chi connectivity index (χ0v) is 18.2. The molecule has 1 atom stereocenters. The van der Waals surface area contributed by atoms with E-state index in [1.54, 1.807) is 0 Å². The Balaban J connectivity index is 1.91. The van der Waals surface area contributed by atoms with Gasteiger partial charge in [0.15, 0.2) is 0 Å². The van der Waals surface area contributed by atoms with Gasteiger partial charge in [-0.25, -0.2) is 0 Å². The van der Waals surface area contributed by atoms with Gasteiger partial charge >= 0.3 is 0 Å². The summed E-state index contributed by atoms with van der Waals surface area (Å²) in [6.07, 6.45) is 0. The van der Waals surface area contributed by atoms with E-state index in [0.717, 1.165) is 4.20 Å². The molecule has 0 saturated carbocycles. The van der Waals surface area contributed by atoms with Crippen molar-refractivity contribution in [1.82, 2.24) is 0 Å². The third-order valence-corrected chi connectivity index (χ3v) is 8.36. The first kappa shape index (κ1) is 18.3. The van der Waals surface area contributed by atoms with Gasteiger partial charge in [0, 0.05) is 20.8 Å². The highest BCUT2D eigenvalue weighted by Crippen LogP contribution is 2.57. The molecule has 1 aliphatic rings. The average Bonchev–Trinajstić information content (AvgIpc) is 3.15. The van der Waals surface area contributed by atoms with Crippen molar-refractivity contribution in [3.8, 4) is 10.4 Å². The molecule has 0 bridgehead atoms. The highest BCUT2D eigenvalue weighted by molar-refractivity contribution is 8.24. The average molecular weight is 413 g/mol. The van der Waals surface area contributed by atoms with Gasteiger partial charge < -0.3 is 0 Å². The number of fused-ring (bicyclic) bond motifs is 1. The van der Waals surface area contributed by atoms with E-state index in [4.69, 9.17) is 12.2 Å². The monoisotopic (exact) mass is 412 g/mol. The van der Waals surface area contributed by atoms with E-state index in [-0.39, 0.29) is 4.75 Å². The Labute approximate surface area is 173 Å². The highest BCUT2D eigenvalue weighted by Gasteiger charge is 2.37. The predicted molar refractivity (Wildman–Crippen MR) is 123 cm³/mol. The molecule has 0 nitrogen and oxygen atoms in total. The van der Waals surface area contributed by atoms with E-state index < -0.39 is 0 Å². The maximum Gasteiger partial charge on any atom is 0.0806 e. The Morgan fingerprint density at radius 2 is 1.54 bits per heavy atom. The molecule has 0 N–H and O–H groups in total. The lowest BCUT2D eigenvalue weighted by Gasteiger charge is -2.19. The number of benzene rings is 2. The number of thioether (sulfide) groups is 2. The van der Waals surface area contributed by atoms with Crippen LogP contribution in [0.25, 0.3) is 10.4 Å². The minimum atomic E-state index is 0.169. The molecule has 0 saturated heterocycles. The number of thiophene rings is 1. The molecular weight excluding hydrogens is 393 g/mol. The summed E-state index contributed by atoms with van der Waals surface area (Å²) in [6.45, 7) is 6.84. The zero-order valence-electron chi connectivity index (χ0n) is 15.0. The summed E-state index contributed by atoms with van der Waals surface area (Å²) < 4.78 is 2.61. The smallest absolute Gasteiger partial charge is 0.0806 e. The van der Waals surface area contributed by atoms with Gasteiger partial charge in [0.25, 0.3) is 0 Å². The van der Waals surface area contributed by atoms with Crippen LogP contribution in [0.3, 0.4) is 0 Å². The summed E-state index contributed by atoms with van der Waals surface area (Å²) in [6, 6.07) is 21.5. The van der Waals surface area contributed by atoms with E-state index in [9.17, 15) is 0 Å². The molecule has 1 aliphatic heterocycles. The van der Waals surface area contributed by atoms with Crippen molar-refractivity contribution < 1.29 is 0 Å². The Bertz CT molecular complexity index is 934. The molecule has 1 aromatic heterocycles. The Morgan fingerprint density at radius 3 is 2.15 bits per heavy atom. The van der Waals surface area contributed by atoms with Crippen LogP contribution in [0.15, 0.2) is 64.9 Å². The topological polar surface area (TPSA) is 0 Å². The first-order valence-electron chi connectivity index (χ1n) is 8.61. The third kappa shape index (κ3) is 3.53. The molecule has 0 radical (unpaired) electrons. The summed E-state index contributed by atoms with van der Waals surface area (Å²) in [5.41, 5.74) is 5.33. The molecule has 4 rings (SSSR count). The van der Waals surface area contributed by atoms with E-state index in [1.165, 1.54) is 31.3 Å². The summed E-state index contributed by atoms with van der Waals surface area (Å²) in [5, 5.41) is 0.303. The van der Waals surface area contributed by atoms with Crippen LogP contribution < -0.4 is 0 Å². The number of thiocarbonyl (C=S) groups is 1. The first-order valence-corrected chi connectivity index (χ1v) is 11.5. The molecule has 0 aliphatic carbocycles. The van der Waals surface area contributed by atoms with Crippen LogP contribution in [0.4, 0.5) is 0 Å². The van der Waals surface area contributed by atoms with Gasteiger partial charge in [0.05, 0.1) is 13.7 Å². The van der Waals surface area contributed by atoms with Gasteiger partial charge in [-0.1, -0.05) is 93.7 Å². The molecule has 0 spiro atoms. The molecule has 3 aromatic rings. The second-order valence-corrected chi connectivity index (χ2v) is 12.2. The highest BCUT2D eigenvalue weighted by atomic mass is 32.2. The minimum absolute atomic E-state index is 0.169. The van der Waals surface area contributed by atoms with Crippen LogP contribution >= 0.6 is 47.1 Å². The zero-order chi connectivity index (χ0) is 18.3. The van der Waals surface area contributed by atoms with Crippen LogP contribution in [0, 0.1) is 0 Å². The van der Waals surface area contributed by atoms with Crippen molar-refractivity contribution in [2.75, 3.05) is 0 Å². The van der Waals surface area contributed by atoms with Gasteiger partial charge in [-0.2, -0.15) is 0 Å². The second kappa shape index (κ2) is 7.16. The number of hydrogen-bond donors (Lipinski definition) is 0. The lowest BCUT2D eigenvalue weighted by atomic mass is 10.0. The van der Waals surface area contributed by atoms with Crippen molar-refractivity contribution in [2.45, 2.75) is 35.0 Å². The van der Waals surface area contributed by atoms with E-state index in [1.807, 2.05) is 34.9 Å². The van der Waals surface area contributed by atoms with Crippen LogP contribution in [0.2, 0.25) is 0 Å². The number of rotatable bonds is 3. The normalized spacial score (nSPS) is 16.7. The Hall–Kier alpha value is -1.07. The fourth-order valence-electron chi connectivity index (χ4n) is 3.10. The molecule has 1 unspecified atom stereocenters. The van der Waals surface area contributed by atoms with Gasteiger partial charge in [-0.05, 0) is 11.1 Å². The van der Waals surface area contributed by atoms with Crippen molar-refractivity contribution in [3.05, 3.63) is 77.4 Å². The Morgan fingerprint density at radius 1 is 0.923 bits per heavy atom. The molecule has 2 heterocycles. The Kier molecular flexibility index (Phi) is 5.04. The lowest BCUT2D eigenvalue weighted by Crippen LogP contribution is -2.07. The number of hydrogen-bond acceptors (Lipinski definition) is 4. The van der Waals surface area contributed by atoms with Crippen molar-refractivity contribution in [1.29, 1.82) is 0 Å². The molecular formula is C22H20S4. The second-order valence-electron chi connectivity index (χ2n) is 7.28. The van der Waals surface area contributed by atoms with Crippen LogP contribution in [0.5, 0.6) is 0 Å². The largest absolute Gasteiger partial charge is 0.128 e. The first-order chi connectivity index (χ1) is 12.4. The fourth-order valence-corrected chi connectivity index (χ4v) is 8.20. The fraction of sp³-hybridized carbons (Fsp3) is 0.227. The molecule has 4 heteroatoms. The quantitative estimate of drug-likeness (QED) is 0.318. The van der Waals surface area contributed by atoms with Gasteiger partial charge in [-0.15, -0.1) is 34.9 Å². The maximum atomic E-state index is 5.85. The molecule has 132 valence electrons. The maximum absolute atomic E-state index is 5.85. The summed E-state index contributed by atoms with van der Waals surface area (Å²) in [4.78, 5) is 1.32. The summed E-state index contributed by atoms with van der Waals surface area (Å²) in [7, 11) is 0. The van der Waals surface area contributed by atoms with Crippen LogP contribution in [-0.4, -0.2) is 8.94 Å². The third-order valence-electron chi connectivity index (χ3n) is 4.14. The van der Waals surface area contributed by atoms with Crippen LogP contribution in [0.1, 0.15) is 42.7 Å². The molecule has 0 amide bonds. The minimum Gasteiger partial charge on any atom is -0.128 e. The predicted octanol–water partition coefficient (Wildman–Crippen LogP) is 7.82. The standard InChI is InChI=1S/C22H20S4/c1-22(2,3)26-21-17-16(18(25-21)14-10-6-4-7-11-14)20(23)24-19(17)15-12-8-5-9-13-15/h4-13,19H,1-3H3. The van der Waals surface area contributed by atoms with Gasteiger partial charge in [-0.3, -0.25) is 0 Å². The summed E-state index contributed by atoms with van der Waals surface area (Å²) >= 11 is 11.6. The van der Waals surface area contributed by atoms with Crippen molar-refractivity contribution in [2.24, 2.45) is 0 Å².